The number of carbonyl (C=O) groups is 2. The van der Waals surface area contributed by atoms with E-state index in [1.807, 2.05) is 47.8 Å². The highest BCUT2D eigenvalue weighted by Gasteiger charge is 2.39. The molecular weight excluding hydrogens is 312 g/mol. The zero-order valence-electron chi connectivity index (χ0n) is 12.6. The SMILES string of the molecule is COCCN1C(=O)C(Nc2ccccc2)=C(c2cccs2)C1=O. The van der Waals surface area contributed by atoms with Gasteiger partial charge in [-0.1, -0.05) is 24.3 Å². The lowest BCUT2D eigenvalue weighted by molar-refractivity contribution is -0.137. The molecule has 6 heteroatoms. The normalized spacial score (nSPS) is 14.7. The Labute approximate surface area is 138 Å². The number of para-hydroxylation sites is 1. The third-order valence-electron chi connectivity index (χ3n) is 3.50. The minimum atomic E-state index is -0.320. The number of thiophene rings is 1. The summed E-state index contributed by atoms with van der Waals surface area (Å²) >= 11 is 1.44. The monoisotopic (exact) mass is 328 g/mol. The van der Waals surface area contributed by atoms with Crippen LogP contribution in [-0.4, -0.2) is 37.0 Å². The molecule has 1 N–H and O–H groups in total. The third-order valence-corrected chi connectivity index (χ3v) is 4.39. The highest BCUT2D eigenvalue weighted by atomic mass is 32.1. The van der Waals surface area contributed by atoms with E-state index in [0.29, 0.717) is 17.9 Å². The van der Waals surface area contributed by atoms with Gasteiger partial charge in [0.2, 0.25) is 0 Å². The lowest BCUT2D eigenvalue weighted by Crippen LogP contribution is -2.35. The first-order valence-electron chi connectivity index (χ1n) is 7.17. The second-order valence-corrected chi connectivity index (χ2v) is 5.92. The molecule has 0 fully saturated rings. The van der Waals surface area contributed by atoms with E-state index in [-0.39, 0.29) is 18.4 Å². The Morgan fingerprint density at radius 3 is 2.52 bits per heavy atom. The van der Waals surface area contributed by atoms with Crippen molar-refractivity contribution < 1.29 is 14.3 Å². The summed E-state index contributed by atoms with van der Waals surface area (Å²) in [7, 11) is 1.54. The van der Waals surface area contributed by atoms with Crippen LogP contribution >= 0.6 is 11.3 Å². The molecule has 2 amide bonds. The Hall–Kier alpha value is -2.44. The van der Waals surface area contributed by atoms with Gasteiger partial charge in [-0.3, -0.25) is 14.5 Å². The number of anilines is 1. The molecule has 5 nitrogen and oxygen atoms in total. The molecule has 2 heterocycles. The van der Waals surface area contributed by atoms with Crippen LogP contribution in [0.25, 0.3) is 5.57 Å². The Balaban J connectivity index is 1.98. The lowest BCUT2D eigenvalue weighted by Gasteiger charge is -2.14. The summed E-state index contributed by atoms with van der Waals surface area (Å²) < 4.78 is 5.00. The standard InChI is InChI=1S/C17H16N2O3S/c1-22-10-9-19-16(20)14(13-8-5-11-23-13)15(17(19)21)18-12-6-3-2-4-7-12/h2-8,11,18H,9-10H2,1H3. The fourth-order valence-corrected chi connectivity index (χ4v) is 3.16. The van der Waals surface area contributed by atoms with Gasteiger partial charge in [0, 0.05) is 17.7 Å². The van der Waals surface area contributed by atoms with Crippen molar-refractivity contribution in [2.24, 2.45) is 0 Å². The summed E-state index contributed by atoms with van der Waals surface area (Å²) in [5.74, 6) is -0.604. The summed E-state index contributed by atoms with van der Waals surface area (Å²) in [6.45, 7) is 0.552. The van der Waals surface area contributed by atoms with Gasteiger partial charge in [0.25, 0.3) is 11.8 Å². The van der Waals surface area contributed by atoms with Crippen LogP contribution in [0, 0.1) is 0 Å². The summed E-state index contributed by atoms with van der Waals surface area (Å²) in [4.78, 5) is 27.4. The molecular formula is C17H16N2O3S. The second-order valence-electron chi connectivity index (χ2n) is 4.97. The first kappa shape index (κ1) is 15.5. The number of hydrogen-bond acceptors (Lipinski definition) is 5. The van der Waals surface area contributed by atoms with Gasteiger partial charge in [-0.15, -0.1) is 11.3 Å². The maximum absolute atomic E-state index is 12.7. The number of carbonyl (C=O) groups excluding carboxylic acids is 2. The molecule has 118 valence electrons. The Bertz CT molecular complexity index is 738. The number of methoxy groups -OCH3 is 1. The zero-order valence-corrected chi connectivity index (χ0v) is 13.4. The predicted octanol–water partition coefficient (Wildman–Crippen LogP) is 2.59. The number of hydrogen-bond donors (Lipinski definition) is 1. The Kier molecular flexibility index (Phi) is 4.55. The van der Waals surface area contributed by atoms with Crippen LogP contribution in [0.3, 0.4) is 0 Å². The van der Waals surface area contributed by atoms with Crippen LogP contribution in [0.1, 0.15) is 4.88 Å². The molecule has 3 rings (SSSR count). The van der Waals surface area contributed by atoms with Gasteiger partial charge in [-0.25, -0.2) is 0 Å². The van der Waals surface area contributed by atoms with Crippen LogP contribution in [0.15, 0.2) is 53.5 Å². The van der Waals surface area contributed by atoms with E-state index < -0.39 is 0 Å². The molecule has 0 saturated heterocycles. The Morgan fingerprint density at radius 2 is 1.87 bits per heavy atom. The molecule has 0 bridgehead atoms. The van der Waals surface area contributed by atoms with E-state index in [1.54, 1.807) is 7.11 Å². The topological polar surface area (TPSA) is 58.6 Å². The van der Waals surface area contributed by atoms with Crippen LogP contribution in [0.2, 0.25) is 0 Å². The van der Waals surface area contributed by atoms with Gasteiger partial charge in [-0.2, -0.15) is 0 Å². The van der Waals surface area contributed by atoms with Crippen molar-refractivity contribution in [3.05, 3.63) is 58.4 Å². The van der Waals surface area contributed by atoms with E-state index in [4.69, 9.17) is 4.74 Å². The first-order chi connectivity index (χ1) is 11.2. The van der Waals surface area contributed by atoms with E-state index in [0.717, 1.165) is 10.6 Å². The highest BCUT2D eigenvalue weighted by molar-refractivity contribution is 7.11. The number of ether oxygens (including phenoxy) is 1. The van der Waals surface area contributed by atoms with Crippen molar-refractivity contribution in [2.75, 3.05) is 25.6 Å². The molecule has 0 saturated carbocycles. The quantitative estimate of drug-likeness (QED) is 0.828. The number of nitrogens with zero attached hydrogens (tertiary/aromatic N) is 1. The summed E-state index contributed by atoms with van der Waals surface area (Å²) in [6.07, 6.45) is 0. The molecule has 1 aromatic heterocycles. The molecule has 23 heavy (non-hydrogen) atoms. The van der Waals surface area contributed by atoms with E-state index in [1.165, 1.54) is 16.2 Å². The fourth-order valence-electron chi connectivity index (χ4n) is 2.39. The van der Waals surface area contributed by atoms with Crippen LogP contribution < -0.4 is 5.32 Å². The van der Waals surface area contributed by atoms with E-state index in [9.17, 15) is 9.59 Å². The smallest absolute Gasteiger partial charge is 0.278 e. The molecule has 0 atom stereocenters. The molecule has 0 spiro atoms. The van der Waals surface area contributed by atoms with Crippen molar-refractivity contribution in [3.8, 4) is 0 Å². The van der Waals surface area contributed by atoms with Crippen molar-refractivity contribution in [2.45, 2.75) is 0 Å². The molecule has 1 aliphatic heterocycles. The van der Waals surface area contributed by atoms with Gasteiger partial charge in [0.1, 0.15) is 5.70 Å². The molecule has 0 radical (unpaired) electrons. The van der Waals surface area contributed by atoms with Gasteiger partial charge in [0.05, 0.1) is 18.7 Å². The molecule has 0 aliphatic carbocycles. The largest absolute Gasteiger partial charge is 0.383 e. The Morgan fingerprint density at radius 1 is 1.09 bits per heavy atom. The van der Waals surface area contributed by atoms with Gasteiger partial charge < -0.3 is 10.1 Å². The molecule has 2 aromatic rings. The second kappa shape index (κ2) is 6.76. The average Bonchev–Trinajstić information content (AvgIpc) is 3.16. The van der Waals surface area contributed by atoms with E-state index in [2.05, 4.69) is 5.32 Å². The maximum atomic E-state index is 12.7. The lowest BCUT2D eigenvalue weighted by atomic mass is 10.2. The molecule has 1 aromatic carbocycles. The first-order valence-corrected chi connectivity index (χ1v) is 8.05. The number of nitrogens with one attached hydrogen (secondary N) is 1. The van der Waals surface area contributed by atoms with Gasteiger partial charge in [0.15, 0.2) is 0 Å². The zero-order chi connectivity index (χ0) is 16.2. The number of amides is 2. The van der Waals surface area contributed by atoms with Crippen LogP contribution in [0.5, 0.6) is 0 Å². The third kappa shape index (κ3) is 3.04. The minimum Gasteiger partial charge on any atom is -0.383 e. The van der Waals surface area contributed by atoms with Crippen LogP contribution in [0.4, 0.5) is 5.69 Å². The van der Waals surface area contributed by atoms with Crippen molar-refractivity contribution >= 4 is 34.4 Å². The van der Waals surface area contributed by atoms with E-state index >= 15 is 0 Å². The number of benzene rings is 1. The van der Waals surface area contributed by atoms with Crippen molar-refractivity contribution in [1.29, 1.82) is 0 Å². The van der Waals surface area contributed by atoms with Crippen molar-refractivity contribution in [3.63, 3.8) is 0 Å². The number of imide groups is 1. The molecule has 0 unspecified atom stereocenters. The predicted molar refractivity (Wildman–Crippen MR) is 89.9 cm³/mol. The minimum absolute atomic E-state index is 0.239. The number of rotatable bonds is 6. The summed E-state index contributed by atoms with van der Waals surface area (Å²) in [5, 5.41) is 4.99. The molecule has 1 aliphatic rings. The maximum Gasteiger partial charge on any atom is 0.278 e. The summed E-state index contributed by atoms with van der Waals surface area (Å²) in [6, 6.07) is 13.1. The average molecular weight is 328 g/mol. The van der Waals surface area contributed by atoms with Crippen molar-refractivity contribution in [1.82, 2.24) is 4.90 Å². The fraction of sp³-hybridized carbons (Fsp3) is 0.176. The van der Waals surface area contributed by atoms with Gasteiger partial charge >= 0.3 is 0 Å². The summed E-state index contributed by atoms with van der Waals surface area (Å²) in [5.41, 5.74) is 1.51. The highest BCUT2D eigenvalue weighted by Crippen LogP contribution is 2.32. The van der Waals surface area contributed by atoms with Gasteiger partial charge in [-0.05, 0) is 23.6 Å². The van der Waals surface area contributed by atoms with Crippen LogP contribution in [-0.2, 0) is 14.3 Å².